The van der Waals surface area contributed by atoms with E-state index in [2.05, 4.69) is 34.2 Å². The van der Waals surface area contributed by atoms with Crippen LogP contribution in [0.15, 0.2) is 36.4 Å². The van der Waals surface area contributed by atoms with Crippen molar-refractivity contribution in [2.24, 2.45) is 0 Å². The predicted octanol–water partition coefficient (Wildman–Crippen LogP) is 2.78. The van der Waals surface area contributed by atoms with Gasteiger partial charge in [-0.25, -0.2) is 0 Å². The second-order valence-electron chi connectivity index (χ2n) is 4.70. The molecule has 0 aliphatic carbocycles. The predicted molar refractivity (Wildman–Crippen MR) is 79.0 cm³/mol. The maximum Gasteiger partial charge on any atom is 0.151 e. The van der Waals surface area contributed by atoms with Gasteiger partial charge in [0.05, 0.1) is 5.69 Å². The van der Waals surface area contributed by atoms with Gasteiger partial charge in [-0.1, -0.05) is 19.1 Å². The molecule has 4 heteroatoms. The molecular weight excluding hydrogens is 236 g/mol. The minimum atomic E-state index is 0.793. The van der Waals surface area contributed by atoms with E-state index in [1.54, 1.807) is 0 Å². The van der Waals surface area contributed by atoms with Crippen LogP contribution in [0.3, 0.4) is 0 Å². The summed E-state index contributed by atoms with van der Waals surface area (Å²) >= 11 is 0. The lowest BCUT2D eigenvalue weighted by atomic mass is 10.2. The summed E-state index contributed by atoms with van der Waals surface area (Å²) < 4.78 is 0. The molecule has 2 rings (SSSR count). The molecule has 0 aliphatic rings. The van der Waals surface area contributed by atoms with Crippen LogP contribution in [0.25, 0.3) is 0 Å². The second kappa shape index (κ2) is 6.18. The summed E-state index contributed by atoms with van der Waals surface area (Å²) in [5.74, 6) is 0.921. The van der Waals surface area contributed by atoms with Gasteiger partial charge in [0.25, 0.3) is 0 Å². The zero-order valence-corrected chi connectivity index (χ0v) is 11.5. The fraction of sp³-hybridized carbons (Fsp3) is 0.333. The first-order chi connectivity index (χ1) is 9.19. The van der Waals surface area contributed by atoms with Crippen molar-refractivity contribution in [3.63, 3.8) is 0 Å². The molecule has 0 saturated heterocycles. The number of nitrogen functional groups attached to an aromatic ring is 1. The Balaban J connectivity index is 2.15. The molecule has 0 spiro atoms. The van der Waals surface area contributed by atoms with Crippen LogP contribution >= 0.6 is 0 Å². The van der Waals surface area contributed by atoms with Crippen molar-refractivity contribution >= 4 is 11.5 Å². The van der Waals surface area contributed by atoms with E-state index >= 15 is 0 Å². The van der Waals surface area contributed by atoms with Gasteiger partial charge in [0.1, 0.15) is 0 Å². The second-order valence-corrected chi connectivity index (χ2v) is 4.70. The lowest BCUT2D eigenvalue weighted by molar-refractivity contribution is 0.742. The Morgan fingerprint density at radius 2 is 1.79 bits per heavy atom. The normalized spacial score (nSPS) is 10.4. The highest BCUT2D eigenvalue weighted by Gasteiger charge is 2.08. The van der Waals surface area contributed by atoms with E-state index in [-0.39, 0.29) is 0 Å². The number of aryl methyl sites for hydroxylation is 1. The lowest BCUT2D eigenvalue weighted by Gasteiger charge is -2.22. The van der Waals surface area contributed by atoms with Gasteiger partial charge in [0.15, 0.2) is 5.82 Å². The van der Waals surface area contributed by atoms with Crippen LogP contribution in [0.4, 0.5) is 11.5 Å². The number of benzene rings is 1. The van der Waals surface area contributed by atoms with Crippen molar-refractivity contribution in [1.29, 1.82) is 0 Å². The molecule has 1 aromatic heterocycles. The average Bonchev–Trinajstić information content (AvgIpc) is 2.42. The van der Waals surface area contributed by atoms with Gasteiger partial charge >= 0.3 is 0 Å². The van der Waals surface area contributed by atoms with E-state index in [9.17, 15) is 0 Å². The Hall–Kier alpha value is -2.10. The van der Waals surface area contributed by atoms with Crippen LogP contribution in [0, 0.1) is 6.92 Å². The van der Waals surface area contributed by atoms with Crippen molar-refractivity contribution in [1.82, 2.24) is 10.2 Å². The zero-order valence-electron chi connectivity index (χ0n) is 11.5. The van der Waals surface area contributed by atoms with Gasteiger partial charge in [-0.15, -0.1) is 5.10 Å². The van der Waals surface area contributed by atoms with Crippen LogP contribution in [-0.2, 0) is 6.54 Å². The summed E-state index contributed by atoms with van der Waals surface area (Å²) in [6.07, 6.45) is 1.07. The molecule has 0 unspecified atom stereocenters. The molecular formula is C15H20N4. The number of rotatable bonds is 5. The van der Waals surface area contributed by atoms with Crippen LogP contribution in [-0.4, -0.2) is 16.7 Å². The fourth-order valence-electron chi connectivity index (χ4n) is 1.95. The minimum absolute atomic E-state index is 0.793. The number of anilines is 2. The van der Waals surface area contributed by atoms with Crippen molar-refractivity contribution in [2.45, 2.75) is 26.8 Å². The van der Waals surface area contributed by atoms with Crippen LogP contribution < -0.4 is 10.6 Å². The Morgan fingerprint density at radius 3 is 2.37 bits per heavy atom. The molecule has 0 fully saturated rings. The van der Waals surface area contributed by atoms with E-state index < -0.39 is 0 Å². The number of hydrogen-bond acceptors (Lipinski definition) is 4. The maximum absolute atomic E-state index is 5.71. The third-order valence-electron chi connectivity index (χ3n) is 2.95. The van der Waals surface area contributed by atoms with E-state index in [1.165, 1.54) is 5.56 Å². The maximum atomic E-state index is 5.71. The van der Waals surface area contributed by atoms with E-state index in [4.69, 9.17) is 5.73 Å². The first-order valence-corrected chi connectivity index (χ1v) is 6.58. The molecule has 0 aliphatic heterocycles. The highest BCUT2D eigenvalue weighted by molar-refractivity contribution is 5.42. The summed E-state index contributed by atoms with van der Waals surface area (Å²) in [5, 5.41) is 8.39. The Kier molecular flexibility index (Phi) is 4.34. The van der Waals surface area contributed by atoms with Gasteiger partial charge < -0.3 is 10.6 Å². The van der Waals surface area contributed by atoms with Gasteiger partial charge in [0.2, 0.25) is 0 Å². The van der Waals surface area contributed by atoms with Crippen LogP contribution in [0.1, 0.15) is 24.6 Å². The van der Waals surface area contributed by atoms with Gasteiger partial charge in [0, 0.05) is 18.8 Å². The minimum Gasteiger partial charge on any atom is -0.399 e. The molecule has 0 atom stereocenters. The zero-order chi connectivity index (χ0) is 13.7. The number of nitrogens with two attached hydrogens (primary N) is 1. The SMILES string of the molecule is CCCN(Cc1ccc(N)cc1)c1ccc(C)nn1. The third kappa shape index (κ3) is 3.68. The number of aromatic nitrogens is 2. The number of nitrogens with zero attached hydrogens (tertiary/aromatic N) is 3. The Morgan fingerprint density at radius 1 is 1.05 bits per heavy atom. The Bertz CT molecular complexity index is 505. The summed E-state index contributed by atoms with van der Waals surface area (Å²) in [7, 11) is 0. The smallest absolute Gasteiger partial charge is 0.151 e. The third-order valence-corrected chi connectivity index (χ3v) is 2.95. The summed E-state index contributed by atoms with van der Waals surface area (Å²) in [5.41, 5.74) is 8.67. The molecule has 1 aromatic carbocycles. The molecule has 1 heterocycles. The van der Waals surface area contributed by atoms with Crippen molar-refractivity contribution < 1.29 is 0 Å². The van der Waals surface area contributed by atoms with E-state index in [0.717, 1.165) is 36.7 Å². The molecule has 0 radical (unpaired) electrons. The van der Waals surface area contributed by atoms with Crippen molar-refractivity contribution in [3.8, 4) is 0 Å². The van der Waals surface area contributed by atoms with Gasteiger partial charge in [-0.05, 0) is 43.2 Å². The lowest BCUT2D eigenvalue weighted by Crippen LogP contribution is -2.24. The van der Waals surface area contributed by atoms with Crippen molar-refractivity contribution in [3.05, 3.63) is 47.7 Å². The molecule has 0 saturated carbocycles. The topological polar surface area (TPSA) is 55.0 Å². The van der Waals surface area contributed by atoms with Crippen LogP contribution in [0.5, 0.6) is 0 Å². The molecule has 100 valence electrons. The van der Waals surface area contributed by atoms with E-state index in [0.29, 0.717) is 0 Å². The summed E-state index contributed by atoms with van der Waals surface area (Å²) in [6.45, 7) is 5.90. The first kappa shape index (κ1) is 13.3. The molecule has 0 bridgehead atoms. The summed E-state index contributed by atoms with van der Waals surface area (Å²) in [4.78, 5) is 2.23. The first-order valence-electron chi connectivity index (χ1n) is 6.58. The number of hydrogen-bond donors (Lipinski definition) is 1. The highest BCUT2D eigenvalue weighted by Crippen LogP contribution is 2.15. The largest absolute Gasteiger partial charge is 0.399 e. The monoisotopic (exact) mass is 256 g/mol. The Labute approximate surface area is 114 Å². The molecule has 0 amide bonds. The average molecular weight is 256 g/mol. The molecule has 2 N–H and O–H groups in total. The molecule has 19 heavy (non-hydrogen) atoms. The van der Waals surface area contributed by atoms with Gasteiger partial charge in [-0.2, -0.15) is 5.10 Å². The van der Waals surface area contributed by atoms with E-state index in [1.807, 2.05) is 31.2 Å². The van der Waals surface area contributed by atoms with Gasteiger partial charge in [-0.3, -0.25) is 0 Å². The summed E-state index contributed by atoms with van der Waals surface area (Å²) in [6, 6.07) is 12.0. The molecule has 4 nitrogen and oxygen atoms in total. The fourth-order valence-corrected chi connectivity index (χ4v) is 1.95. The quantitative estimate of drug-likeness (QED) is 0.836. The standard InChI is InChI=1S/C15H20N4/c1-3-10-19(15-9-4-12(2)17-18-15)11-13-5-7-14(16)8-6-13/h4-9H,3,10-11,16H2,1-2H3. The molecule has 2 aromatic rings. The van der Waals surface area contributed by atoms with Crippen LogP contribution in [0.2, 0.25) is 0 Å². The highest BCUT2D eigenvalue weighted by atomic mass is 15.3. The van der Waals surface area contributed by atoms with Crippen molar-refractivity contribution in [2.75, 3.05) is 17.2 Å².